The molecule has 0 aliphatic rings. The molecule has 0 amide bonds. The van der Waals surface area contributed by atoms with Crippen LogP contribution >= 0.6 is 12.4 Å². The van der Waals surface area contributed by atoms with E-state index in [9.17, 15) is 9.50 Å². The lowest BCUT2D eigenvalue weighted by Crippen LogP contribution is -2.24. The van der Waals surface area contributed by atoms with Gasteiger partial charge in [0.05, 0.1) is 6.10 Å². The molecule has 4 heteroatoms. The van der Waals surface area contributed by atoms with E-state index in [2.05, 4.69) is 0 Å². The fourth-order valence-electron chi connectivity index (χ4n) is 0.994. The average Bonchev–Trinajstić information content (AvgIpc) is 2.03. The van der Waals surface area contributed by atoms with Gasteiger partial charge < -0.3 is 10.8 Å². The molecule has 0 aliphatic heterocycles. The molecule has 13 heavy (non-hydrogen) atoms. The van der Waals surface area contributed by atoms with Crippen molar-refractivity contribution in [1.29, 1.82) is 0 Å². The molecule has 0 saturated carbocycles. The van der Waals surface area contributed by atoms with Crippen LogP contribution in [0.4, 0.5) is 4.39 Å². The Morgan fingerprint density at radius 2 is 2.08 bits per heavy atom. The van der Waals surface area contributed by atoms with Gasteiger partial charge in [0.2, 0.25) is 0 Å². The van der Waals surface area contributed by atoms with E-state index in [-0.39, 0.29) is 24.3 Å². The first-order chi connectivity index (χ1) is 5.61. The van der Waals surface area contributed by atoms with E-state index in [0.29, 0.717) is 5.56 Å². The highest BCUT2D eigenvalue weighted by atomic mass is 35.5. The minimum atomic E-state index is -0.791. The summed E-state index contributed by atoms with van der Waals surface area (Å²) >= 11 is 0. The molecule has 0 saturated heterocycles. The largest absolute Gasteiger partial charge is 0.387 e. The van der Waals surface area contributed by atoms with Gasteiger partial charge in [0, 0.05) is 6.04 Å². The van der Waals surface area contributed by atoms with Gasteiger partial charge in [-0.15, -0.1) is 12.4 Å². The van der Waals surface area contributed by atoms with Crippen LogP contribution in [0.25, 0.3) is 0 Å². The maximum absolute atomic E-state index is 12.6. The van der Waals surface area contributed by atoms with Crippen LogP contribution in [0.3, 0.4) is 0 Å². The highest BCUT2D eigenvalue weighted by Gasteiger charge is 2.11. The maximum atomic E-state index is 12.6. The molecule has 0 aromatic heterocycles. The Labute approximate surface area is 83.0 Å². The summed E-state index contributed by atoms with van der Waals surface area (Å²) in [5, 5.41) is 9.43. The van der Waals surface area contributed by atoms with E-state index in [1.54, 1.807) is 19.1 Å². The first-order valence-corrected chi connectivity index (χ1v) is 3.80. The summed E-state index contributed by atoms with van der Waals surface area (Å²) in [6.07, 6.45) is -0.791. The van der Waals surface area contributed by atoms with Gasteiger partial charge in [0.1, 0.15) is 5.82 Å². The SMILES string of the molecule is CC(N)C(O)c1cccc(F)c1.Cl. The van der Waals surface area contributed by atoms with Crippen molar-refractivity contribution in [3.8, 4) is 0 Å². The number of hydrogen-bond acceptors (Lipinski definition) is 2. The Hall–Kier alpha value is -0.640. The molecule has 0 fully saturated rings. The van der Waals surface area contributed by atoms with Crippen LogP contribution in [0.1, 0.15) is 18.6 Å². The number of benzene rings is 1. The molecule has 1 aromatic rings. The van der Waals surface area contributed by atoms with Crippen molar-refractivity contribution in [1.82, 2.24) is 0 Å². The summed E-state index contributed by atoms with van der Waals surface area (Å²) in [6.45, 7) is 1.68. The first kappa shape index (κ1) is 12.4. The van der Waals surface area contributed by atoms with Crippen LogP contribution in [-0.2, 0) is 0 Å². The molecule has 2 unspecified atom stereocenters. The molecular formula is C9H13ClFNO. The molecule has 1 aromatic carbocycles. The molecule has 0 spiro atoms. The predicted octanol–water partition coefficient (Wildman–Crippen LogP) is 1.63. The van der Waals surface area contributed by atoms with Crippen molar-refractivity contribution in [2.24, 2.45) is 5.73 Å². The maximum Gasteiger partial charge on any atom is 0.123 e. The summed E-state index contributed by atoms with van der Waals surface area (Å²) in [7, 11) is 0. The molecule has 2 atom stereocenters. The number of nitrogens with two attached hydrogens (primary N) is 1. The van der Waals surface area contributed by atoms with E-state index in [0.717, 1.165) is 0 Å². The van der Waals surface area contributed by atoms with Gasteiger partial charge >= 0.3 is 0 Å². The van der Waals surface area contributed by atoms with Crippen LogP contribution in [0.5, 0.6) is 0 Å². The fourth-order valence-corrected chi connectivity index (χ4v) is 0.994. The summed E-state index contributed by atoms with van der Waals surface area (Å²) in [6, 6.07) is 5.44. The van der Waals surface area contributed by atoms with Crippen LogP contribution in [0, 0.1) is 5.82 Å². The van der Waals surface area contributed by atoms with Crippen molar-refractivity contribution in [3.05, 3.63) is 35.6 Å². The molecule has 3 N–H and O–H groups in total. The minimum Gasteiger partial charge on any atom is -0.387 e. The molecule has 1 rings (SSSR count). The van der Waals surface area contributed by atoms with Crippen molar-refractivity contribution in [2.75, 3.05) is 0 Å². The van der Waals surface area contributed by atoms with E-state index < -0.39 is 6.10 Å². The Morgan fingerprint density at radius 3 is 2.54 bits per heavy atom. The molecule has 0 bridgehead atoms. The quantitative estimate of drug-likeness (QED) is 0.771. The molecule has 0 heterocycles. The number of halogens is 2. The zero-order valence-electron chi connectivity index (χ0n) is 7.27. The third kappa shape index (κ3) is 3.30. The lowest BCUT2D eigenvalue weighted by Gasteiger charge is -2.14. The summed E-state index contributed by atoms with van der Waals surface area (Å²) < 4.78 is 12.6. The lowest BCUT2D eigenvalue weighted by atomic mass is 10.0. The lowest BCUT2D eigenvalue weighted by molar-refractivity contribution is 0.153. The van der Waals surface area contributed by atoms with Gasteiger partial charge in [-0.1, -0.05) is 12.1 Å². The standard InChI is InChI=1S/C9H12FNO.ClH/c1-6(11)9(12)7-3-2-4-8(10)5-7;/h2-6,9,12H,11H2,1H3;1H. The fraction of sp³-hybridized carbons (Fsp3) is 0.333. The van der Waals surface area contributed by atoms with Crippen LogP contribution < -0.4 is 5.73 Å². The van der Waals surface area contributed by atoms with Crippen LogP contribution in [-0.4, -0.2) is 11.1 Å². The summed E-state index contributed by atoms with van der Waals surface area (Å²) in [5.41, 5.74) is 5.96. The first-order valence-electron chi connectivity index (χ1n) is 3.80. The number of aliphatic hydroxyl groups is 1. The minimum absolute atomic E-state index is 0. The molecule has 0 radical (unpaired) electrons. The van der Waals surface area contributed by atoms with Gasteiger partial charge in [0.15, 0.2) is 0 Å². The summed E-state index contributed by atoms with van der Waals surface area (Å²) in [5.74, 6) is -0.354. The number of rotatable bonds is 2. The molecule has 74 valence electrons. The third-order valence-corrected chi connectivity index (χ3v) is 1.69. The Kier molecular flexibility index (Phi) is 4.91. The Balaban J connectivity index is 0.00000144. The Bertz CT molecular complexity index is 268. The van der Waals surface area contributed by atoms with Crippen LogP contribution in [0.2, 0.25) is 0 Å². The normalized spacial score (nSPS) is 14.5. The third-order valence-electron chi connectivity index (χ3n) is 1.69. The average molecular weight is 206 g/mol. The van der Waals surface area contributed by atoms with Gasteiger partial charge in [-0.25, -0.2) is 4.39 Å². The molecule has 0 aliphatic carbocycles. The van der Waals surface area contributed by atoms with Crippen molar-refractivity contribution >= 4 is 12.4 Å². The summed E-state index contributed by atoms with van der Waals surface area (Å²) in [4.78, 5) is 0. The topological polar surface area (TPSA) is 46.2 Å². The highest BCUT2D eigenvalue weighted by molar-refractivity contribution is 5.85. The van der Waals surface area contributed by atoms with Gasteiger partial charge in [-0.2, -0.15) is 0 Å². The zero-order chi connectivity index (χ0) is 9.14. The predicted molar refractivity (Wildman–Crippen MR) is 52.3 cm³/mol. The van der Waals surface area contributed by atoms with E-state index >= 15 is 0 Å². The smallest absolute Gasteiger partial charge is 0.123 e. The molecular weight excluding hydrogens is 193 g/mol. The van der Waals surface area contributed by atoms with Crippen molar-refractivity contribution < 1.29 is 9.50 Å². The van der Waals surface area contributed by atoms with Crippen LogP contribution in [0.15, 0.2) is 24.3 Å². The van der Waals surface area contributed by atoms with Gasteiger partial charge in [-0.05, 0) is 24.6 Å². The second-order valence-electron chi connectivity index (χ2n) is 2.86. The van der Waals surface area contributed by atoms with Crippen molar-refractivity contribution in [3.63, 3.8) is 0 Å². The second kappa shape index (κ2) is 5.17. The van der Waals surface area contributed by atoms with E-state index in [4.69, 9.17) is 5.73 Å². The van der Waals surface area contributed by atoms with Crippen molar-refractivity contribution in [2.45, 2.75) is 19.1 Å². The van der Waals surface area contributed by atoms with Gasteiger partial charge in [-0.3, -0.25) is 0 Å². The zero-order valence-corrected chi connectivity index (χ0v) is 8.09. The number of aliphatic hydroxyl groups excluding tert-OH is 1. The number of hydrogen-bond donors (Lipinski definition) is 2. The van der Waals surface area contributed by atoms with E-state index in [1.165, 1.54) is 12.1 Å². The second-order valence-corrected chi connectivity index (χ2v) is 2.86. The monoisotopic (exact) mass is 205 g/mol. The van der Waals surface area contributed by atoms with Gasteiger partial charge in [0.25, 0.3) is 0 Å². The van der Waals surface area contributed by atoms with E-state index in [1.807, 2.05) is 0 Å². The Morgan fingerprint density at radius 1 is 1.46 bits per heavy atom. The highest BCUT2D eigenvalue weighted by Crippen LogP contribution is 2.15. The molecule has 2 nitrogen and oxygen atoms in total.